The van der Waals surface area contributed by atoms with E-state index in [1.807, 2.05) is 18.2 Å². The summed E-state index contributed by atoms with van der Waals surface area (Å²) in [5, 5.41) is 10.5. The van der Waals surface area contributed by atoms with Gasteiger partial charge in [0.1, 0.15) is 0 Å². The third-order valence-corrected chi connectivity index (χ3v) is 4.38. The lowest BCUT2D eigenvalue weighted by Gasteiger charge is -2.35. The Morgan fingerprint density at radius 2 is 2.06 bits per heavy atom. The summed E-state index contributed by atoms with van der Waals surface area (Å²) in [6, 6.07) is 7.88. The summed E-state index contributed by atoms with van der Waals surface area (Å²) in [6.45, 7) is 0.794. The molecule has 0 radical (unpaired) electrons. The van der Waals surface area contributed by atoms with E-state index in [-0.39, 0.29) is 17.9 Å². The van der Waals surface area contributed by atoms with Crippen LogP contribution in [0, 0.1) is 5.41 Å². The summed E-state index contributed by atoms with van der Waals surface area (Å²) in [7, 11) is 0. The van der Waals surface area contributed by atoms with Gasteiger partial charge in [-0.1, -0.05) is 36.6 Å². The van der Waals surface area contributed by atoms with Crippen molar-refractivity contribution in [2.75, 3.05) is 13.2 Å². The second kappa shape index (κ2) is 5.38. The smallest absolute Gasteiger partial charge is 0.0493 e. The molecular weight excluding hydrogens is 234 g/mol. The van der Waals surface area contributed by atoms with Crippen molar-refractivity contribution in [1.82, 2.24) is 0 Å². The number of halogens is 1. The van der Waals surface area contributed by atoms with Gasteiger partial charge in [0.2, 0.25) is 0 Å². The molecule has 3 N–H and O–H groups in total. The van der Waals surface area contributed by atoms with Gasteiger partial charge in [0.15, 0.2) is 0 Å². The SMILES string of the molecule is NCC(c1cccc(Cl)c1)C1(CO)CCCC1. The van der Waals surface area contributed by atoms with Crippen molar-refractivity contribution in [1.29, 1.82) is 0 Å². The van der Waals surface area contributed by atoms with Crippen LogP contribution in [0.3, 0.4) is 0 Å². The van der Waals surface area contributed by atoms with Crippen LogP contribution in [0.4, 0.5) is 0 Å². The Kier molecular flexibility index (Phi) is 4.08. The Hall–Kier alpha value is -0.570. The minimum Gasteiger partial charge on any atom is -0.396 e. The van der Waals surface area contributed by atoms with Crippen LogP contribution in [-0.4, -0.2) is 18.3 Å². The van der Waals surface area contributed by atoms with Gasteiger partial charge in [-0.25, -0.2) is 0 Å². The van der Waals surface area contributed by atoms with Gasteiger partial charge >= 0.3 is 0 Å². The van der Waals surface area contributed by atoms with Gasteiger partial charge in [0.05, 0.1) is 0 Å². The molecule has 1 aromatic rings. The van der Waals surface area contributed by atoms with Crippen LogP contribution in [0.15, 0.2) is 24.3 Å². The van der Waals surface area contributed by atoms with E-state index in [0.29, 0.717) is 6.54 Å². The van der Waals surface area contributed by atoms with E-state index in [4.69, 9.17) is 17.3 Å². The molecule has 0 aliphatic heterocycles. The predicted octanol–water partition coefficient (Wildman–Crippen LogP) is 2.94. The molecule has 0 spiro atoms. The van der Waals surface area contributed by atoms with Crippen molar-refractivity contribution in [2.24, 2.45) is 11.1 Å². The molecular formula is C14H20ClNO. The topological polar surface area (TPSA) is 46.2 Å². The zero-order valence-electron chi connectivity index (χ0n) is 10.0. The first-order chi connectivity index (χ1) is 8.22. The number of hydrogen-bond donors (Lipinski definition) is 2. The zero-order valence-corrected chi connectivity index (χ0v) is 10.8. The van der Waals surface area contributed by atoms with Gasteiger partial charge < -0.3 is 10.8 Å². The van der Waals surface area contributed by atoms with Gasteiger partial charge in [-0.15, -0.1) is 0 Å². The fourth-order valence-corrected chi connectivity index (χ4v) is 3.36. The van der Waals surface area contributed by atoms with Crippen molar-refractivity contribution >= 4 is 11.6 Å². The minimum atomic E-state index is -0.0283. The number of hydrogen-bond acceptors (Lipinski definition) is 2. The van der Waals surface area contributed by atoms with Crippen LogP contribution in [0.2, 0.25) is 5.02 Å². The van der Waals surface area contributed by atoms with Gasteiger partial charge in [-0.3, -0.25) is 0 Å². The number of nitrogens with two attached hydrogens (primary N) is 1. The summed E-state index contributed by atoms with van der Waals surface area (Å²) < 4.78 is 0. The lowest BCUT2D eigenvalue weighted by molar-refractivity contribution is 0.103. The van der Waals surface area contributed by atoms with Crippen molar-refractivity contribution < 1.29 is 5.11 Å². The maximum atomic E-state index is 9.76. The highest BCUT2D eigenvalue weighted by atomic mass is 35.5. The first-order valence-corrected chi connectivity index (χ1v) is 6.66. The van der Waals surface area contributed by atoms with E-state index in [2.05, 4.69) is 6.07 Å². The van der Waals surface area contributed by atoms with E-state index in [1.54, 1.807) is 0 Å². The molecule has 0 amide bonds. The molecule has 3 heteroatoms. The van der Waals surface area contributed by atoms with E-state index in [9.17, 15) is 5.11 Å². The molecule has 2 rings (SSSR count). The molecule has 94 valence electrons. The highest BCUT2D eigenvalue weighted by Gasteiger charge is 2.40. The van der Waals surface area contributed by atoms with Crippen molar-refractivity contribution in [2.45, 2.75) is 31.6 Å². The van der Waals surface area contributed by atoms with Crippen molar-refractivity contribution in [3.63, 3.8) is 0 Å². The van der Waals surface area contributed by atoms with Crippen LogP contribution in [-0.2, 0) is 0 Å². The summed E-state index contributed by atoms with van der Waals surface area (Å²) in [6.07, 6.45) is 4.52. The maximum Gasteiger partial charge on any atom is 0.0493 e. The van der Waals surface area contributed by atoms with Crippen LogP contribution < -0.4 is 5.73 Å². The average molecular weight is 254 g/mol. The Morgan fingerprint density at radius 1 is 1.35 bits per heavy atom. The lowest BCUT2D eigenvalue weighted by Crippen LogP contribution is -2.34. The first-order valence-electron chi connectivity index (χ1n) is 6.28. The van der Waals surface area contributed by atoms with Gasteiger partial charge in [-0.2, -0.15) is 0 Å². The number of aliphatic hydroxyl groups is 1. The zero-order chi connectivity index (χ0) is 12.3. The highest BCUT2D eigenvalue weighted by molar-refractivity contribution is 6.30. The first kappa shape index (κ1) is 12.9. The van der Waals surface area contributed by atoms with Crippen LogP contribution in [0.5, 0.6) is 0 Å². The molecule has 1 fully saturated rings. The van der Waals surface area contributed by atoms with Crippen LogP contribution in [0.25, 0.3) is 0 Å². The van der Waals surface area contributed by atoms with Gasteiger partial charge in [-0.05, 0) is 37.1 Å². The molecule has 17 heavy (non-hydrogen) atoms. The van der Waals surface area contributed by atoms with E-state index in [1.165, 1.54) is 12.8 Å². The standard InChI is InChI=1S/C14H20ClNO/c15-12-5-3-4-11(8-12)13(9-16)14(10-17)6-1-2-7-14/h3-5,8,13,17H,1-2,6-7,9-10,16H2. The van der Waals surface area contributed by atoms with E-state index < -0.39 is 0 Å². The van der Waals surface area contributed by atoms with Crippen molar-refractivity contribution in [3.8, 4) is 0 Å². The van der Waals surface area contributed by atoms with E-state index in [0.717, 1.165) is 23.4 Å². The lowest BCUT2D eigenvalue weighted by atomic mass is 9.71. The molecule has 1 aromatic carbocycles. The van der Waals surface area contributed by atoms with Gasteiger partial charge in [0.25, 0.3) is 0 Å². The monoisotopic (exact) mass is 253 g/mol. The minimum absolute atomic E-state index is 0.0283. The third kappa shape index (κ3) is 2.49. The molecule has 1 aliphatic rings. The Morgan fingerprint density at radius 3 is 2.59 bits per heavy atom. The summed E-state index contributed by atoms with van der Waals surface area (Å²) in [5.41, 5.74) is 7.08. The second-order valence-corrected chi connectivity index (χ2v) is 5.51. The highest BCUT2D eigenvalue weighted by Crippen LogP contribution is 2.48. The molecule has 1 saturated carbocycles. The quantitative estimate of drug-likeness (QED) is 0.867. The van der Waals surface area contributed by atoms with Crippen LogP contribution in [0.1, 0.15) is 37.2 Å². The number of rotatable bonds is 4. The second-order valence-electron chi connectivity index (χ2n) is 5.07. The molecule has 0 saturated heterocycles. The number of benzene rings is 1. The van der Waals surface area contributed by atoms with E-state index >= 15 is 0 Å². The average Bonchev–Trinajstić information content (AvgIpc) is 2.80. The molecule has 1 aliphatic carbocycles. The number of aliphatic hydroxyl groups excluding tert-OH is 1. The maximum absolute atomic E-state index is 9.76. The third-order valence-electron chi connectivity index (χ3n) is 4.14. The summed E-state index contributed by atoms with van der Waals surface area (Å²) >= 11 is 6.04. The summed E-state index contributed by atoms with van der Waals surface area (Å²) in [4.78, 5) is 0. The van der Waals surface area contributed by atoms with Crippen LogP contribution >= 0.6 is 11.6 Å². The molecule has 0 heterocycles. The van der Waals surface area contributed by atoms with Crippen molar-refractivity contribution in [3.05, 3.63) is 34.9 Å². The molecule has 2 nitrogen and oxygen atoms in total. The fourth-order valence-electron chi connectivity index (χ4n) is 3.16. The normalized spacial score (nSPS) is 20.4. The summed E-state index contributed by atoms with van der Waals surface area (Å²) in [5.74, 6) is 0.216. The Bertz CT molecular complexity index is 374. The molecule has 0 bridgehead atoms. The largest absolute Gasteiger partial charge is 0.396 e. The molecule has 1 atom stereocenters. The fraction of sp³-hybridized carbons (Fsp3) is 0.571. The molecule has 1 unspecified atom stereocenters. The Labute approximate surface area is 108 Å². The van der Waals surface area contributed by atoms with Gasteiger partial charge in [0, 0.05) is 23.0 Å². The Balaban J connectivity index is 2.32. The molecule has 0 aromatic heterocycles. The predicted molar refractivity (Wildman–Crippen MR) is 71.2 cm³/mol.